The van der Waals surface area contributed by atoms with E-state index in [9.17, 15) is 14.0 Å². The number of carbonyl (C=O) groups is 2. The SMILES string of the molecule is Cc1ccc(F)c(NC(=O)N2CCOc3cc(-c4ccc(C5CCC(CC(=O)O)CC5)cc4)ccc32)c1. The second kappa shape index (κ2) is 10.6. The molecule has 192 valence electrons. The number of hydrogen-bond acceptors (Lipinski definition) is 3. The highest BCUT2D eigenvalue weighted by Gasteiger charge is 2.26. The highest BCUT2D eigenvalue weighted by atomic mass is 19.1. The van der Waals surface area contributed by atoms with Gasteiger partial charge in [-0.2, -0.15) is 0 Å². The summed E-state index contributed by atoms with van der Waals surface area (Å²) in [6.07, 6.45) is 4.24. The first-order chi connectivity index (χ1) is 17.9. The van der Waals surface area contributed by atoms with Crippen LogP contribution in [0.5, 0.6) is 5.75 Å². The van der Waals surface area contributed by atoms with Crippen molar-refractivity contribution in [3.05, 3.63) is 77.6 Å². The predicted octanol–water partition coefficient (Wildman–Crippen LogP) is 6.98. The summed E-state index contributed by atoms with van der Waals surface area (Å²) in [6, 6.07) is 18.5. The van der Waals surface area contributed by atoms with Crippen LogP contribution < -0.4 is 15.0 Å². The lowest BCUT2D eigenvalue weighted by atomic mass is 9.77. The summed E-state index contributed by atoms with van der Waals surface area (Å²) in [6.45, 7) is 2.57. The first kappa shape index (κ1) is 24.8. The number of nitrogens with zero attached hydrogens (tertiary/aromatic N) is 1. The van der Waals surface area contributed by atoms with E-state index in [0.29, 0.717) is 36.4 Å². The molecular formula is C30H31FN2O4. The van der Waals surface area contributed by atoms with Crippen LogP contribution in [-0.2, 0) is 4.79 Å². The standard InChI is InChI=1S/C30H31FN2O4/c1-19-2-12-25(31)26(16-19)32-30(36)33-14-15-37-28-18-24(11-13-27(28)33)23-9-7-22(8-10-23)21-5-3-20(4-6-21)17-29(34)35/h2,7-13,16,18,20-21H,3-6,14-15,17H2,1H3,(H,32,36)(H,34,35). The molecule has 3 aromatic carbocycles. The van der Waals surface area contributed by atoms with Crippen LogP contribution in [0.4, 0.5) is 20.6 Å². The third kappa shape index (κ3) is 5.61. The van der Waals surface area contributed by atoms with Gasteiger partial charge in [0.2, 0.25) is 0 Å². The lowest BCUT2D eigenvalue weighted by molar-refractivity contribution is -0.138. The Morgan fingerprint density at radius 3 is 2.46 bits per heavy atom. The van der Waals surface area contributed by atoms with E-state index in [4.69, 9.17) is 9.84 Å². The van der Waals surface area contributed by atoms with Crippen molar-refractivity contribution in [1.82, 2.24) is 0 Å². The second-order valence-electron chi connectivity index (χ2n) is 10.0. The smallest absolute Gasteiger partial charge is 0.326 e. The number of carbonyl (C=O) groups excluding carboxylic acids is 1. The van der Waals surface area contributed by atoms with Gasteiger partial charge in [0.15, 0.2) is 0 Å². The summed E-state index contributed by atoms with van der Waals surface area (Å²) < 4.78 is 20.0. The van der Waals surface area contributed by atoms with E-state index in [0.717, 1.165) is 42.4 Å². The van der Waals surface area contributed by atoms with Crippen molar-refractivity contribution < 1.29 is 23.8 Å². The maximum Gasteiger partial charge on any atom is 0.326 e. The normalized spacial score (nSPS) is 19.0. The van der Waals surface area contributed by atoms with Crippen molar-refractivity contribution in [3.8, 4) is 16.9 Å². The minimum atomic E-state index is -0.703. The van der Waals surface area contributed by atoms with Crippen LogP contribution in [-0.4, -0.2) is 30.3 Å². The van der Waals surface area contributed by atoms with E-state index in [-0.39, 0.29) is 12.1 Å². The summed E-state index contributed by atoms with van der Waals surface area (Å²) in [5, 5.41) is 11.7. The van der Waals surface area contributed by atoms with Gasteiger partial charge in [0.1, 0.15) is 18.2 Å². The molecule has 6 nitrogen and oxygen atoms in total. The molecule has 1 fully saturated rings. The summed E-state index contributed by atoms with van der Waals surface area (Å²) in [5.74, 6) is 0.201. The van der Waals surface area contributed by atoms with Gasteiger partial charge in [0.05, 0.1) is 17.9 Å². The number of ether oxygens (including phenoxy) is 1. The summed E-state index contributed by atoms with van der Waals surface area (Å²) in [5.41, 5.74) is 5.00. The van der Waals surface area contributed by atoms with Gasteiger partial charge in [-0.1, -0.05) is 36.4 Å². The molecule has 1 aliphatic heterocycles. The number of hydrogen-bond donors (Lipinski definition) is 2. The molecule has 1 heterocycles. The van der Waals surface area contributed by atoms with Crippen LogP contribution in [0.25, 0.3) is 11.1 Å². The molecule has 0 spiro atoms. The van der Waals surface area contributed by atoms with Crippen molar-refractivity contribution in [2.24, 2.45) is 5.92 Å². The topological polar surface area (TPSA) is 78.9 Å². The Hall–Kier alpha value is -3.87. The van der Waals surface area contributed by atoms with Crippen LogP contribution in [0.1, 0.15) is 49.1 Å². The van der Waals surface area contributed by atoms with Crippen LogP contribution in [0.15, 0.2) is 60.7 Å². The van der Waals surface area contributed by atoms with Crippen molar-refractivity contribution in [2.75, 3.05) is 23.4 Å². The van der Waals surface area contributed by atoms with Gasteiger partial charge in [0, 0.05) is 6.42 Å². The number of aliphatic carboxylic acids is 1. The number of amides is 2. The third-order valence-electron chi connectivity index (χ3n) is 7.46. The fourth-order valence-corrected chi connectivity index (χ4v) is 5.42. The molecule has 7 heteroatoms. The molecule has 0 aromatic heterocycles. The lowest BCUT2D eigenvalue weighted by Gasteiger charge is -2.30. The number of anilines is 2. The molecule has 1 aliphatic carbocycles. The van der Waals surface area contributed by atoms with E-state index in [2.05, 4.69) is 29.6 Å². The monoisotopic (exact) mass is 502 g/mol. The van der Waals surface area contributed by atoms with Crippen LogP contribution in [0.3, 0.4) is 0 Å². The summed E-state index contributed by atoms with van der Waals surface area (Å²) in [7, 11) is 0. The number of halogens is 1. The molecule has 0 bridgehead atoms. The predicted molar refractivity (Wildman–Crippen MR) is 142 cm³/mol. The molecule has 0 saturated heterocycles. The molecule has 5 rings (SSSR count). The number of carboxylic acids is 1. The largest absolute Gasteiger partial charge is 0.490 e. The fourth-order valence-electron chi connectivity index (χ4n) is 5.42. The van der Waals surface area contributed by atoms with E-state index in [1.54, 1.807) is 17.0 Å². The Morgan fingerprint density at radius 2 is 1.73 bits per heavy atom. The first-order valence-electron chi connectivity index (χ1n) is 12.8. The average molecular weight is 503 g/mol. The van der Waals surface area contributed by atoms with Crippen molar-refractivity contribution in [2.45, 2.75) is 44.9 Å². The molecule has 0 radical (unpaired) electrons. The Balaban J connectivity index is 1.28. The van der Waals surface area contributed by atoms with Gasteiger partial charge in [-0.3, -0.25) is 9.69 Å². The number of rotatable bonds is 5. The third-order valence-corrected chi connectivity index (χ3v) is 7.46. The van der Waals surface area contributed by atoms with Gasteiger partial charge in [-0.15, -0.1) is 0 Å². The van der Waals surface area contributed by atoms with E-state index in [1.165, 1.54) is 11.6 Å². The van der Waals surface area contributed by atoms with Gasteiger partial charge in [-0.25, -0.2) is 9.18 Å². The van der Waals surface area contributed by atoms with Crippen molar-refractivity contribution in [1.29, 1.82) is 0 Å². The molecule has 1 saturated carbocycles. The number of urea groups is 1. The molecule has 0 atom stereocenters. The highest BCUT2D eigenvalue weighted by Crippen LogP contribution is 2.39. The Morgan fingerprint density at radius 1 is 1.00 bits per heavy atom. The molecule has 2 N–H and O–H groups in total. The molecule has 2 aliphatic rings. The van der Waals surface area contributed by atoms with Crippen LogP contribution in [0, 0.1) is 18.7 Å². The quantitative estimate of drug-likeness (QED) is 0.394. The molecule has 3 aromatic rings. The minimum Gasteiger partial charge on any atom is -0.490 e. The van der Waals surface area contributed by atoms with E-state index >= 15 is 0 Å². The van der Waals surface area contributed by atoms with Crippen molar-refractivity contribution >= 4 is 23.4 Å². The lowest BCUT2D eigenvalue weighted by Crippen LogP contribution is -2.40. The van der Waals surface area contributed by atoms with E-state index < -0.39 is 17.8 Å². The van der Waals surface area contributed by atoms with Crippen LogP contribution in [0.2, 0.25) is 0 Å². The summed E-state index contributed by atoms with van der Waals surface area (Å²) >= 11 is 0. The van der Waals surface area contributed by atoms with Crippen LogP contribution >= 0.6 is 0 Å². The number of benzene rings is 3. The number of carboxylic acid groups (broad SMARTS) is 1. The molecular weight excluding hydrogens is 471 g/mol. The first-order valence-corrected chi connectivity index (χ1v) is 12.8. The Bertz CT molecular complexity index is 1300. The zero-order chi connectivity index (χ0) is 25.9. The number of aryl methyl sites for hydroxylation is 1. The second-order valence-corrected chi connectivity index (χ2v) is 10.0. The molecule has 37 heavy (non-hydrogen) atoms. The summed E-state index contributed by atoms with van der Waals surface area (Å²) in [4.78, 5) is 25.5. The maximum absolute atomic E-state index is 14.2. The van der Waals surface area contributed by atoms with Gasteiger partial charge in [-0.05, 0) is 91.0 Å². The van der Waals surface area contributed by atoms with Crippen molar-refractivity contribution in [3.63, 3.8) is 0 Å². The molecule has 0 unspecified atom stereocenters. The van der Waals surface area contributed by atoms with Gasteiger partial charge in [0.25, 0.3) is 0 Å². The highest BCUT2D eigenvalue weighted by molar-refractivity contribution is 6.03. The average Bonchev–Trinajstić information content (AvgIpc) is 2.90. The van der Waals surface area contributed by atoms with E-state index in [1.807, 2.05) is 25.1 Å². The minimum absolute atomic E-state index is 0.158. The van der Waals surface area contributed by atoms with Gasteiger partial charge < -0.3 is 15.2 Å². The Kier molecular flexibility index (Phi) is 7.12. The number of nitrogens with one attached hydrogen (secondary N) is 1. The zero-order valence-corrected chi connectivity index (χ0v) is 20.9. The van der Waals surface area contributed by atoms with Gasteiger partial charge >= 0.3 is 12.0 Å². The Labute approximate surface area is 216 Å². The maximum atomic E-state index is 14.2. The molecule has 2 amide bonds. The fraction of sp³-hybridized carbons (Fsp3) is 0.333. The number of fused-ring (bicyclic) bond motifs is 1. The zero-order valence-electron chi connectivity index (χ0n) is 20.9.